The van der Waals surface area contributed by atoms with E-state index in [1.807, 2.05) is 18.2 Å². The highest BCUT2D eigenvalue weighted by Crippen LogP contribution is 2.59. The average molecular weight is 543 g/mol. The fourth-order valence-electron chi connectivity index (χ4n) is 6.00. The minimum Gasteiger partial charge on any atom is -0.493 e. The van der Waals surface area contributed by atoms with Crippen molar-refractivity contribution in [3.05, 3.63) is 41.5 Å². The number of hydrogen-bond donors (Lipinski definition) is 0. The minimum atomic E-state index is -0.399. The van der Waals surface area contributed by atoms with E-state index in [0.29, 0.717) is 37.1 Å². The molecule has 4 rings (SSSR count). The van der Waals surface area contributed by atoms with Gasteiger partial charge in [0.05, 0.1) is 32.3 Å². The summed E-state index contributed by atoms with van der Waals surface area (Å²) in [4.78, 5) is 12.9. The molecule has 2 aliphatic heterocycles. The Morgan fingerprint density at radius 3 is 2.62 bits per heavy atom. The van der Waals surface area contributed by atoms with Crippen molar-refractivity contribution in [2.24, 2.45) is 11.8 Å². The number of methoxy groups -OCH3 is 2. The first-order chi connectivity index (χ1) is 18.6. The lowest BCUT2D eigenvalue weighted by Gasteiger charge is -2.42. The molecule has 1 spiro atoms. The third-order valence-corrected chi connectivity index (χ3v) is 8.29. The second-order valence-corrected chi connectivity index (χ2v) is 12.0. The summed E-state index contributed by atoms with van der Waals surface area (Å²) in [5, 5.41) is 0. The fourth-order valence-corrected chi connectivity index (χ4v) is 6.00. The zero-order chi connectivity index (χ0) is 28.2. The lowest BCUT2D eigenvalue weighted by Crippen LogP contribution is -2.55. The molecule has 0 aromatic heterocycles. The van der Waals surface area contributed by atoms with Gasteiger partial charge < -0.3 is 28.4 Å². The molecule has 1 saturated carbocycles. The zero-order valence-electron chi connectivity index (χ0n) is 24.7. The number of rotatable bonds is 13. The van der Waals surface area contributed by atoms with Gasteiger partial charge in [-0.3, -0.25) is 0 Å². The van der Waals surface area contributed by atoms with Gasteiger partial charge in [-0.1, -0.05) is 31.6 Å². The van der Waals surface area contributed by atoms with E-state index < -0.39 is 5.97 Å². The van der Waals surface area contributed by atoms with Crippen molar-refractivity contribution in [3.8, 4) is 11.5 Å². The summed E-state index contributed by atoms with van der Waals surface area (Å²) in [6.07, 6.45) is 9.35. The predicted molar refractivity (Wildman–Crippen MR) is 151 cm³/mol. The molecule has 2 saturated heterocycles. The molecular formula is C32H46O7. The highest BCUT2D eigenvalue weighted by Gasteiger charge is 2.72. The molecule has 0 bridgehead atoms. The molecule has 3 fully saturated rings. The van der Waals surface area contributed by atoms with E-state index in [2.05, 4.69) is 40.7 Å². The van der Waals surface area contributed by atoms with Crippen LogP contribution in [0.2, 0.25) is 0 Å². The van der Waals surface area contributed by atoms with Gasteiger partial charge in [0, 0.05) is 13.2 Å². The van der Waals surface area contributed by atoms with Crippen molar-refractivity contribution in [2.75, 3.05) is 27.4 Å². The smallest absolute Gasteiger partial charge is 0.331 e. The molecule has 0 amide bonds. The van der Waals surface area contributed by atoms with Gasteiger partial charge in [-0.05, 0) is 82.6 Å². The zero-order valence-corrected chi connectivity index (χ0v) is 24.7. The van der Waals surface area contributed by atoms with Gasteiger partial charge in [0.2, 0.25) is 0 Å². The molecule has 7 nitrogen and oxygen atoms in total. The fraction of sp³-hybridized carbons (Fsp3) is 0.656. The second kappa shape index (κ2) is 12.4. The Bertz CT molecular complexity index is 1050. The van der Waals surface area contributed by atoms with Gasteiger partial charge >= 0.3 is 5.97 Å². The third-order valence-electron chi connectivity index (χ3n) is 8.29. The summed E-state index contributed by atoms with van der Waals surface area (Å²) in [6.45, 7) is 12.1. The Balaban J connectivity index is 1.38. The number of esters is 1. The second-order valence-electron chi connectivity index (χ2n) is 12.0. The van der Waals surface area contributed by atoms with E-state index in [-0.39, 0.29) is 35.4 Å². The highest BCUT2D eigenvalue weighted by molar-refractivity contribution is 5.87. The molecule has 0 radical (unpaired) electrons. The molecule has 1 aromatic carbocycles. The van der Waals surface area contributed by atoms with Gasteiger partial charge in [0.15, 0.2) is 11.5 Å². The first-order valence-corrected chi connectivity index (χ1v) is 14.3. The van der Waals surface area contributed by atoms with Crippen LogP contribution in [0, 0.1) is 11.8 Å². The maximum absolute atomic E-state index is 12.9. The van der Waals surface area contributed by atoms with Crippen LogP contribution in [0.4, 0.5) is 0 Å². The Hall–Kier alpha value is -2.35. The monoisotopic (exact) mass is 542 g/mol. The molecule has 1 unspecified atom stereocenters. The standard InChI is InChI=1S/C32H46O7/c1-21(2)9-8-18-36-24-13-11-23(19-26(24)34-6)12-15-28(33)38-25-16-17-32(20-37-32)30(29(25)35-7)31(5)27(39-31)14-10-22(3)4/h10-13,15,19,21,25,27,29-30H,8-9,14,16-18,20H2,1-7H3/b15-12+/t25-,27+,29-,30-,31?,32+/m1/s1. The van der Waals surface area contributed by atoms with Crippen molar-refractivity contribution >= 4 is 12.0 Å². The third kappa shape index (κ3) is 7.05. The largest absolute Gasteiger partial charge is 0.493 e. The summed E-state index contributed by atoms with van der Waals surface area (Å²) in [6, 6.07) is 5.65. The van der Waals surface area contributed by atoms with Crippen LogP contribution in [-0.2, 0) is 23.7 Å². The maximum atomic E-state index is 12.9. The van der Waals surface area contributed by atoms with Gasteiger partial charge in [-0.25, -0.2) is 4.79 Å². The van der Waals surface area contributed by atoms with Crippen molar-refractivity contribution in [1.29, 1.82) is 0 Å². The number of hydrogen-bond acceptors (Lipinski definition) is 7. The Morgan fingerprint density at radius 2 is 1.97 bits per heavy atom. The van der Waals surface area contributed by atoms with Crippen molar-refractivity contribution in [3.63, 3.8) is 0 Å². The predicted octanol–water partition coefficient (Wildman–Crippen LogP) is 6.14. The molecule has 39 heavy (non-hydrogen) atoms. The van der Waals surface area contributed by atoms with E-state index >= 15 is 0 Å². The van der Waals surface area contributed by atoms with Crippen LogP contribution in [0.3, 0.4) is 0 Å². The minimum absolute atomic E-state index is 0.00145. The van der Waals surface area contributed by atoms with Crippen LogP contribution < -0.4 is 9.47 Å². The lowest BCUT2D eigenvalue weighted by atomic mass is 9.68. The van der Waals surface area contributed by atoms with E-state index in [1.54, 1.807) is 20.3 Å². The molecule has 216 valence electrons. The molecular weight excluding hydrogens is 496 g/mol. The number of benzene rings is 1. The molecule has 7 heteroatoms. The summed E-state index contributed by atoms with van der Waals surface area (Å²) < 4.78 is 35.6. The maximum Gasteiger partial charge on any atom is 0.331 e. The first kappa shape index (κ1) is 29.6. The molecule has 2 heterocycles. The van der Waals surface area contributed by atoms with E-state index in [4.69, 9.17) is 28.4 Å². The summed E-state index contributed by atoms with van der Waals surface area (Å²) in [7, 11) is 3.30. The number of carbonyl (C=O) groups excluding carboxylic acids is 1. The summed E-state index contributed by atoms with van der Waals surface area (Å²) >= 11 is 0. The van der Waals surface area contributed by atoms with Crippen LogP contribution in [0.15, 0.2) is 35.9 Å². The normalized spacial score (nSPS) is 31.4. The molecule has 1 aliphatic carbocycles. The van der Waals surface area contributed by atoms with Crippen molar-refractivity contribution < 1.29 is 33.2 Å². The summed E-state index contributed by atoms with van der Waals surface area (Å²) in [5.41, 5.74) is 1.49. The number of allylic oxidation sites excluding steroid dienone is 1. The van der Waals surface area contributed by atoms with Crippen LogP contribution in [0.25, 0.3) is 6.08 Å². The van der Waals surface area contributed by atoms with Crippen molar-refractivity contribution in [2.45, 2.75) is 96.2 Å². The SMILES string of the molecule is COc1cc(/C=C/C(=O)O[C@@H]2CC[C@]3(CO3)[C@@H](C3(C)O[C@H]3CC=C(C)C)[C@@H]2OC)ccc1OCCCC(C)C. The summed E-state index contributed by atoms with van der Waals surface area (Å²) in [5.74, 6) is 1.59. The number of ether oxygens (including phenoxy) is 6. The first-order valence-electron chi connectivity index (χ1n) is 14.3. The van der Waals surface area contributed by atoms with Crippen LogP contribution in [0.5, 0.6) is 11.5 Å². The van der Waals surface area contributed by atoms with Crippen LogP contribution in [0.1, 0.15) is 72.3 Å². The Kier molecular flexibility index (Phi) is 9.45. The number of carbonyl (C=O) groups is 1. The van der Waals surface area contributed by atoms with Gasteiger partial charge in [-0.15, -0.1) is 0 Å². The molecule has 0 N–H and O–H groups in total. The van der Waals surface area contributed by atoms with E-state index in [0.717, 1.165) is 31.2 Å². The van der Waals surface area contributed by atoms with E-state index in [9.17, 15) is 4.79 Å². The van der Waals surface area contributed by atoms with E-state index in [1.165, 1.54) is 11.6 Å². The molecule has 3 aliphatic rings. The van der Waals surface area contributed by atoms with Crippen LogP contribution >= 0.6 is 0 Å². The Morgan fingerprint density at radius 1 is 1.21 bits per heavy atom. The van der Waals surface area contributed by atoms with Gasteiger partial charge in [0.1, 0.15) is 23.4 Å². The Labute approximate surface area is 233 Å². The topological polar surface area (TPSA) is 79.1 Å². The van der Waals surface area contributed by atoms with Crippen molar-refractivity contribution in [1.82, 2.24) is 0 Å². The molecule has 1 aromatic rings. The van der Waals surface area contributed by atoms with Crippen LogP contribution in [-0.4, -0.2) is 62.9 Å². The lowest BCUT2D eigenvalue weighted by molar-refractivity contribution is -0.166. The number of epoxide rings is 2. The van der Waals surface area contributed by atoms with Gasteiger partial charge in [0.25, 0.3) is 0 Å². The average Bonchev–Trinajstić information content (AvgIpc) is 3.82. The molecule has 6 atom stereocenters. The van der Waals surface area contributed by atoms with Gasteiger partial charge in [-0.2, -0.15) is 0 Å². The quantitative estimate of drug-likeness (QED) is 0.0973. The highest BCUT2D eigenvalue weighted by atomic mass is 16.6.